The predicted molar refractivity (Wildman–Crippen MR) is 111 cm³/mol. The molecule has 0 amide bonds. The highest BCUT2D eigenvalue weighted by molar-refractivity contribution is 7.90. The smallest absolute Gasteiger partial charge is 0.283 e. The maximum atomic E-state index is 13.2. The van der Waals surface area contributed by atoms with Crippen molar-refractivity contribution >= 4 is 32.7 Å². The predicted octanol–water partition coefficient (Wildman–Crippen LogP) is 4.59. The second-order valence-corrected chi connectivity index (χ2v) is 9.52. The van der Waals surface area contributed by atoms with Gasteiger partial charge in [-0.2, -0.15) is 17.6 Å². The standard InChI is InChI=1S/C19H16N2O4S3/c1-24-15-6-5-13(12-16(15)25-2)28(22,23)21-14(9-10-20-21)17-7-8-19(27-17)18-4-3-11-26-18/h3-12H,1-2H3. The zero-order valence-electron chi connectivity index (χ0n) is 15.0. The maximum absolute atomic E-state index is 13.2. The van der Waals surface area contributed by atoms with Gasteiger partial charge in [0, 0.05) is 15.8 Å². The van der Waals surface area contributed by atoms with E-state index < -0.39 is 10.0 Å². The van der Waals surface area contributed by atoms with Gasteiger partial charge < -0.3 is 9.47 Å². The molecule has 0 radical (unpaired) electrons. The van der Waals surface area contributed by atoms with Gasteiger partial charge in [0.25, 0.3) is 10.0 Å². The fraction of sp³-hybridized carbons (Fsp3) is 0.105. The SMILES string of the molecule is COc1ccc(S(=O)(=O)n2nccc2-c2ccc(-c3cccs3)s2)cc1OC. The minimum atomic E-state index is -3.90. The van der Waals surface area contributed by atoms with Crippen molar-refractivity contribution in [2.24, 2.45) is 0 Å². The van der Waals surface area contributed by atoms with Crippen LogP contribution in [0.2, 0.25) is 0 Å². The molecule has 0 spiro atoms. The molecular formula is C19H16N2O4S3. The van der Waals surface area contributed by atoms with Gasteiger partial charge in [-0.15, -0.1) is 22.7 Å². The van der Waals surface area contributed by atoms with Gasteiger partial charge in [0.2, 0.25) is 0 Å². The molecule has 0 atom stereocenters. The molecule has 0 bridgehead atoms. The van der Waals surface area contributed by atoms with Crippen LogP contribution in [-0.2, 0) is 10.0 Å². The van der Waals surface area contributed by atoms with Crippen LogP contribution >= 0.6 is 22.7 Å². The fourth-order valence-corrected chi connectivity index (χ4v) is 5.96. The average molecular weight is 433 g/mol. The molecule has 6 nitrogen and oxygen atoms in total. The Morgan fingerprint density at radius 2 is 1.71 bits per heavy atom. The molecule has 4 rings (SSSR count). The van der Waals surface area contributed by atoms with Gasteiger partial charge >= 0.3 is 0 Å². The number of ether oxygens (including phenoxy) is 2. The highest BCUT2D eigenvalue weighted by atomic mass is 32.2. The topological polar surface area (TPSA) is 70.4 Å². The van der Waals surface area contributed by atoms with Crippen LogP contribution in [0.4, 0.5) is 0 Å². The van der Waals surface area contributed by atoms with Crippen LogP contribution in [0.15, 0.2) is 65.0 Å². The van der Waals surface area contributed by atoms with Gasteiger partial charge in [-0.25, -0.2) is 0 Å². The molecule has 3 heterocycles. The second kappa shape index (κ2) is 7.42. The Morgan fingerprint density at radius 1 is 0.929 bits per heavy atom. The van der Waals surface area contributed by atoms with E-state index in [1.807, 2.05) is 29.6 Å². The summed E-state index contributed by atoms with van der Waals surface area (Å²) in [6.07, 6.45) is 1.48. The molecule has 4 aromatic rings. The van der Waals surface area contributed by atoms with Crippen molar-refractivity contribution in [1.82, 2.24) is 9.19 Å². The number of thiophene rings is 2. The number of rotatable bonds is 6. The Morgan fingerprint density at radius 3 is 2.43 bits per heavy atom. The van der Waals surface area contributed by atoms with E-state index in [2.05, 4.69) is 5.10 Å². The first kappa shape index (κ1) is 18.7. The summed E-state index contributed by atoms with van der Waals surface area (Å²) in [4.78, 5) is 3.13. The monoisotopic (exact) mass is 432 g/mol. The number of hydrogen-bond acceptors (Lipinski definition) is 7. The van der Waals surface area contributed by atoms with Crippen LogP contribution in [0, 0.1) is 0 Å². The van der Waals surface area contributed by atoms with Gasteiger partial charge in [0.1, 0.15) is 0 Å². The molecule has 0 saturated heterocycles. The van der Waals surface area contributed by atoms with E-state index in [0.717, 1.165) is 18.7 Å². The molecule has 0 aliphatic carbocycles. The minimum absolute atomic E-state index is 0.0742. The molecule has 0 N–H and O–H groups in total. The molecular weight excluding hydrogens is 416 g/mol. The van der Waals surface area contributed by atoms with Crippen LogP contribution in [0.25, 0.3) is 20.3 Å². The Labute approximate surface area is 170 Å². The zero-order chi connectivity index (χ0) is 19.7. The first-order valence-electron chi connectivity index (χ1n) is 8.20. The number of hydrogen-bond donors (Lipinski definition) is 0. The third kappa shape index (κ3) is 3.21. The van der Waals surface area contributed by atoms with Crippen molar-refractivity contribution in [1.29, 1.82) is 0 Å². The molecule has 9 heteroatoms. The van der Waals surface area contributed by atoms with Gasteiger partial charge in [0.05, 0.1) is 35.9 Å². The Balaban J connectivity index is 1.76. The van der Waals surface area contributed by atoms with E-state index in [9.17, 15) is 8.42 Å². The summed E-state index contributed by atoms with van der Waals surface area (Å²) in [5, 5.41) is 6.09. The molecule has 3 aromatic heterocycles. The van der Waals surface area contributed by atoms with Gasteiger partial charge in [-0.05, 0) is 41.8 Å². The van der Waals surface area contributed by atoms with Crippen molar-refractivity contribution in [3.8, 4) is 31.8 Å². The molecule has 1 aromatic carbocycles. The quantitative estimate of drug-likeness (QED) is 0.446. The molecule has 0 aliphatic heterocycles. The largest absolute Gasteiger partial charge is 0.493 e. The third-order valence-electron chi connectivity index (χ3n) is 4.11. The molecule has 28 heavy (non-hydrogen) atoms. The van der Waals surface area contributed by atoms with Crippen LogP contribution in [-0.4, -0.2) is 31.8 Å². The molecule has 0 unspecified atom stereocenters. The lowest BCUT2D eigenvalue weighted by Crippen LogP contribution is -2.15. The van der Waals surface area contributed by atoms with E-state index in [-0.39, 0.29) is 4.90 Å². The highest BCUT2D eigenvalue weighted by Crippen LogP contribution is 2.37. The van der Waals surface area contributed by atoms with Crippen molar-refractivity contribution in [3.63, 3.8) is 0 Å². The van der Waals surface area contributed by atoms with Crippen molar-refractivity contribution in [2.45, 2.75) is 4.90 Å². The fourth-order valence-electron chi connectivity index (χ4n) is 2.76. The van der Waals surface area contributed by atoms with E-state index >= 15 is 0 Å². The van der Waals surface area contributed by atoms with Gasteiger partial charge in [0.15, 0.2) is 11.5 Å². The molecule has 0 fully saturated rings. The summed E-state index contributed by atoms with van der Waals surface area (Å²) < 4.78 is 37.9. The summed E-state index contributed by atoms with van der Waals surface area (Å²) in [7, 11) is -0.934. The van der Waals surface area contributed by atoms with Crippen LogP contribution in [0.3, 0.4) is 0 Å². The lowest BCUT2D eigenvalue weighted by Gasteiger charge is -2.11. The lowest BCUT2D eigenvalue weighted by atomic mass is 10.3. The van der Waals surface area contributed by atoms with E-state index in [0.29, 0.717) is 17.2 Å². The Hall–Kier alpha value is -2.62. The van der Waals surface area contributed by atoms with E-state index in [4.69, 9.17) is 9.47 Å². The van der Waals surface area contributed by atoms with Crippen molar-refractivity contribution in [3.05, 3.63) is 60.1 Å². The summed E-state index contributed by atoms with van der Waals surface area (Å²) >= 11 is 3.17. The van der Waals surface area contributed by atoms with Gasteiger partial charge in [-0.3, -0.25) is 0 Å². The first-order valence-corrected chi connectivity index (χ1v) is 11.3. The third-order valence-corrected chi connectivity index (χ3v) is 7.88. The maximum Gasteiger partial charge on any atom is 0.283 e. The summed E-state index contributed by atoms with van der Waals surface area (Å²) in [5.74, 6) is 0.800. The number of aromatic nitrogens is 2. The average Bonchev–Trinajstić information content (AvgIpc) is 3.47. The number of nitrogens with zero attached hydrogens (tertiary/aromatic N) is 2. The summed E-state index contributed by atoms with van der Waals surface area (Å²) in [5.41, 5.74) is 0.516. The first-order chi connectivity index (χ1) is 13.5. The number of methoxy groups -OCH3 is 2. The van der Waals surface area contributed by atoms with E-state index in [1.54, 1.807) is 23.5 Å². The van der Waals surface area contributed by atoms with Crippen LogP contribution in [0.1, 0.15) is 0 Å². The lowest BCUT2D eigenvalue weighted by molar-refractivity contribution is 0.354. The van der Waals surface area contributed by atoms with Gasteiger partial charge in [-0.1, -0.05) is 6.07 Å². The highest BCUT2D eigenvalue weighted by Gasteiger charge is 2.24. The second-order valence-electron chi connectivity index (χ2n) is 5.72. The normalized spacial score (nSPS) is 11.5. The summed E-state index contributed by atoms with van der Waals surface area (Å²) in [6, 6.07) is 14.1. The molecule has 0 saturated carbocycles. The van der Waals surface area contributed by atoms with Crippen LogP contribution in [0.5, 0.6) is 11.5 Å². The minimum Gasteiger partial charge on any atom is -0.493 e. The Kier molecular flexibility index (Phi) is 4.96. The molecule has 144 valence electrons. The molecule has 0 aliphatic rings. The van der Waals surface area contributed by atoms with E-state index in [1.165, 1.54) is 43.9 Å². The van der Waals surface area contributed by atoms with Crippen molar-refractivity contribution in [2.75, 3.05) is 14.2 Å². The van der Waals surface area contributed by atoms with Crippen LogP contribution < -0.4 is 9.47 Å². The zero-order valence-corrected chi connectivity index (χ0v) is 17.5. The Bertz CT molecular complexity index is 1210. The number of benzene rings is 1. The van der Waals surface area contributed by atoms with Crippen molar-refractivity contribution < 1.29 is 17.9 Å². The summed E-state index contributed by atoms with van der Waals surface area (Å²) in [6.45, 7) is 0.